The van der Waals surface area contributed by atoms with Crippen molar-refractivity contribution < 1.29 is 14.3 Å². The molecular weight excluding hydrogens is 230 g/mol. The number of esters is 1. The van der Waals surface area contributed by atoms with Crippen molar-refractivity contribution in [3.63, 3.8) is 0 Å². The molecule has 0 aromatic heterocycles. The Morgan fingerprint density at radius 2 is 1.89 bits per heavy atom. The molecule has 1 aliphatic rings. The first kappa shape index (κ1) is 15.0. The van der Waals surface area contributed by atoms with Gasteiger partial charge in [0.1, 0.15) is 6.04 Å². The van der Waals surface area contributed by atoms with Gasteiger partial charge in [0.25, 0.3) is 0 Å². The highest BCUT2D eigenvalue weighted by molar-refractivity contribution is 5.87. The zero-order valence-electron chi connectivity index (χ0n) is 11.4. The fraction of sp³-hybridized carbons (Fsp3) is 0.857. The van der Waals surface area contributed by atoms with Crippen LogP contribution in [0.3, 0.4) is 0 Å². The minimum atomic E-state index is -0.401. The van der Waals surface area contributed by atoms with Gasteiger partial charge in [0.2, 0.25) is 5.91 Å². The van der Waals surface area contributed by atoms with Crippen LogP contribution in [0.1, 0.15) is 64.7 Å². The van der Waals surface area contributed by atoms with Crippen LogP contribution in [0.4, 0.5) is 0 Å². The summed E-state index contributed by atoms with van der Waals surface area (Å²) >= 11 is 0. The molecular formula is C14H25NO3. The number of rotatable bonds is 9. The van der Waals surface area contributed by atoms with Crippen LogP contribution in [-0.2, 0) is 14.3 Å². The molecule has 1 heterocycles. The standard InChI is InChI=1S/C14H25NO3/c1-2-3-4-5-6-7-8-11-18-14(17)12-9-10-13(16)15-12/h12H,2-11H2,1H3,(H,15,16)/t12-/m0/s1. The van der Waals surface area contributed by atoms with Crippen LogP contribution >= 0.6 is 0 Å². The van der Waals surface area contributed by atoms with Crippen molar-refractivity contribution in [3.05, 3.63) is 0 Å². The van der Waals surface area contributed by atoms with E-state index in [1.165, 1.54) is 32.1 Å². The normalized spacial score (nSPS) is 18.7. The molecule has 1 aliphatic heterocycles. The van der Waals surface area contributed by atoms with Crippen LogP contribution < -0.4 is 5.32 Å². The summed E-state index contributed by atoms with van der Waals surface area (Å²) in [6.07, 6.45) is 9.46. The zero-order valence-corrected chi connectivity index (χ0v) is 11.4. The van der Waals surface area contributed by atoms with Gasteiger partial charge in [-0.2, -0.15) is 0 Å². The summed E-state index contributed by atoms with van der Waals surface area (Å²) in [5, 5.41) is 2.62. The fourth-order valence-electron chi connectivity index (χ4n) is 2.12. The summed E-state index contributed by atoms with van der Waals surface area (Å²) in [6, 6.07) is -0.401. The van der Waals surface area contributed by atoms with E-state index >= 15 is 0 Å². The molecule has 4 nitrogen and oxygen atoms in total. The lowest BCUT2D eigenvalue weighted by molar-refractivity contribution is -0.146. The Bertz CT molecular complexity index is 266. The van der Waals surface area contributed by atoms with E-state index in [4.69, 9.17) is 4.74 Å². The summed E-state index contributed by atoms with van der Waals surface area (Å²) < 4.78 is 5.15. The van der Waals surface area contributed by atoms with Crippen molar-refractivity contribution in [2.45, 2.75) is 70.8 Å². The Labute approximate surface area is 109 Å². The van der Waals surface area contributed by atoms with Gasteiger partial charge in [0.05, 0.1) is 6.61 Å². The maximum absolute atomic E-state index is 11.5. The lowest BCUT2D eigenvalue weighted by atomic mass is 10.1. The lowest BCUT2D eigenvalue weighted by Crippen LogP contribution is -2.34. The van der Waals surface area contributed by atoms with Crippen molar-refractivity contribution in [1.82, 2.24) is 5.32 Å². The molecule has 1 N–H and O–H groups in total. The van der Waals surface area contributed by atoms with Crippen molar-refractivity contribution in [1.29, 1.82) is 0 Å². The second-order valence-corrected chi connectivity index (χ2v) is 4.95. The fourth-order valence-corrected chi connectivity index (χ4v) is 2.12. The first-order valence-corrected chi connectivity index (χ1v) is 7.20. The van der Waals surface area contributed by atoms with Crippen LogP contribution in [0.5, 0.6) is 0 Å². The van der Waals surface area contributed by atoms with Gasteiger partial charge in [-0.1, -0.05) is 45.4 Å². The van der Waals surface area contributed by atoms with E-state index in [-0.39, 0.29) is 11.9 Å². The maximum Gasteiger partial charge on any atom is 0.328 e. The summed E-state index contributed by atoms with van der Waals surface area (Å²) in [4.78, 5) is 22.5. The van der Waals surface area contributed by atoms with E-state index in [2.05, 4.69) is 12.2 Å². The number of hydrogen-bond acceptors (Lipinski definition) is 3. The smallest absolute Gasteiger partial charge is 0.328 e. The van der Waals surface area contributed by atoms with Gasteiger partial charge in [-0.15, -0.1) is 0 Å². The van der Waals surface area contributed by atoms with Gasteiger partial charge in [-0.05, 0) is 12.8 Å². The Kier molecular flexibility index (Phi) is 7.46. The summed E-state index contributed by atoms with van der Waals surface area (Å²) in [6.45, 7) is 2.69. The molecule has 1 saturated heterocycles. The second-order valence-electron chi connectivity index (χ2n) is 4.95. The molecule has 0 saturated carbocycles. The van der Waals surface area contributed by atoms with Gasteiger partial charge in [-0.25, -0.2) is 4.79 Å². The summed E-state index contributed by atoms with van der Waals surface area (Å²) in [5.41, 5.74) is 0. The van der Waals surface area contributed by atoms with Crippen molar-refractivity contribution in [2.75, 3.05) is 6.61 Å². The van der Waals surface area contributed by atoms with Crippen molar-refractivity contribution in [3.8, 4) is 0 Å². The summed E-state index contributed by atoms with van der Waals surface area (Å²) in [5.74, 6) is -0.320. The van der Waals surface area contributed by atoms with Crippen molar-refractivity contribution >= 4 is 11.9 Å². The Morgan fingerprint density at radius 1 is 1.22 bits per heavy atom. The number of unbranched alkanes of at least 4 members (excludes halogenated alkanes) is 6. The van der Waals surface area contributed by atoms with E-state index in [1.807, 2.05) is 0 Å². The molecule has 0 unspecified atom stereocenters. The van der Waals surface area contributed by atoms with Gasteiger partial charge >= 0.3 is 5.97 Å². The number of amides is 1. The molecule has 0 bridgehead atoms. The molecule has 0 aromatic carbocycles. The minimum absolute atomic E-state index is 0.0483. The molecule has 1 rings (SSSR count). The third kappa shape index (κ3) is 6.03. The maximum atomic E-state index is 11.5. The molecule has 0 radical (unpaired) electrons. The first-order valence-electron chi connectivity index (χ1n) is 7.20. The Hall–Kier alpha value is -1.06. The van der Waals surface area contributed by atoms with Crippen LogP contribution in [0.25, 0.3) is 0 Å². The third-order valence-electron chi connectivity index (χ3n) is 3.27. The Morgan fingerprint density at radius 3 is 2.50 bits per heavy atom. The highest BCUT2D eigenvalue weighted by Gasteiger charge is 2.28. The second kappa shape index (κ2) is 8.95. The predicted octanol–water partition coefficient (Wildman–Crippen LogP) is 2.56. The molecule has 0 aromatic rings. The van der Waals surface area contributed by atoms with Gasteiger partial charge in [-0.3, -0.25) is 4.79 Å². The van der Waals surface area contributed by atoms with Gasteiger partial charge in [0.15, 0.2) is 0 Å². The van der Waals surface area contributed by atoms with E-state index in [0.29, 0.717) is 19.4 Å². The van der Waals surface area contributed by atoms with Gasteiger partial charge in [0, 0.05) is 6.42 Å². The number of carbonyl (C=O) groups is 2. The Balaban J connectivity index is 1.91. The lowest BCUT2D eigenvalue weighted by Gasteiger charge is -2.09. The molecule has 104 valence electrons. The number of nitrogens with one attached hydrogen (secondary N) is 1. The molecule has 1 amide bonds. The monoisotopic (exact) mass is 255 g/mol. The average Bonchev–Trinajstić information content (AvgIpc) is 2.79. The summed E-state index contributed by atoms with van der Waals surface area (Å²) in [7, 11) is 0. The predicted molar refractivity (Wildman–Crippen MR) is 70.1 cm³/mol. The zero-order chi connectivity index (χ0) is 13.2. The molecule has 0 aliphatic carbocycles. The topological polar surface area (TPSA) is 55.4 Å². The van der Waals surface area contributed by atoms with E-state index in [1.54, 1.807) is 0 Å². The molecule has 0 spiro atoms. The molecule has 18 heavy (non-hydrogen) atoms. The molecule has 4 heteroatoms. The van der Waals surface area contributed by atoms with E-state index in [9.17, 15) is 9.59 Å². The van der Waals surface area contributed by atoms with Crippen LogP contribution in [0.2, 0.25) is 0 Å². The molecule has 1 atom stereocenters. The average molecular weight is 255 g/mol. The minimum Gasteiger partial charge on any atom is -0.464 e. The van der Waals surface area contributed by atoms with E-state index < -0.39 is 6.04 Å². The first-order chi connectivity index (χ1) is 8.74. The number of hydrogen-bond donors (Lipinski definition) is 1. The van der Waals surface area contributed by atoms with Gasteiger partial charge < -0.3 is 10.1 Å². The molecule has 1 fully saturated rings. The largest absolute Gasteiger partial charge is 0.464 e. The van der Waals surface area contributed by atoms with Crippen molar-refractivity contribution in [2.24, 2.45) is 0 Å². The van der Waals surface area contributed by atoms with Crippen LogP contribution in [-0.4, -0.2) is 24.5 Å². The third-order valence-corrected chi connectivity index (χ3v) is 3.27. The number of ether oxygens (including phenoxy) is 1. The SMILES string of the molecule is CCCCCCCCCOC(=O)[C@@H]1CCC(=O)N1. The van der Waals surface area contributed by atoms with E-state index in [0.717, 1.165) is 12.8 Å². The highest BCUT2D eigenvalue weighted by Crippen LogP contribution is 2.10. The quantitative estimate of drug-likeness (QED) is 0.509. The highest BCUT2D eigenvalue weighted by atomic mass is 16.5. The number of carbonyl (C=O) groups excluding carboxylic acids is 2. The van der Waals surface area contributed by atoms with Crippen LogP contribution in [0.15, 0.2) is 0 Å². The van der Waals surface area contributed by atoms with Crippen LogP contribution in [0, 0.1) is 0 Å².